The summed E-state index contributed by atoms with van der Waals surface area (Å²) in [6.07, 6.45) is -7.97. The average Bonchev–Trinajstić information content (AvgIpc) is 3.30. The number of hydrogen-bond acceptors (Lipinski definition) is 7. The Morgan fingerprint density at radius 1 is 0.388 bits per heavy atom. The maximum absolute atomic E-state index is 15.6. The number of halogens is 43. The summed E-state index contributed by atoms with van der Waals surface area (Å²) < 4.78 is 614. The number of carbonyl (C=O) groups excluding carboxylic acids is 4. The van der Waals surface area contributed by atoms with Crippen LogP contribution in [0.25, 0.3) is 0 Å². The van der Waals surface area contributed by atoms with Gasteiger partial charge >= 0.3 is 131 Å². The molecule has 1 N–H and O–H groups in total. The standard InChI is InChI=1S/C34H10F43N3O5/c1-7-11(13(84)80-6-85-8(2)83)9(3-10(78-4-81)12(7)79-5-82)14(35,36)15(37,38)16(39,40)17(41,42)18(43,44)19(45,46)20(47,48)21(49,50)22(51,52)23(53,54)24(55,56)25(57,58)26(59,60)27(61,62)28(63,64)29(65,66)30(67,68)31(69,70)32(71,72)33(73,74)34(75,76)77/h3H,6H2,1-2H3,(H,80,84). The van der Waals surface area contributed by atoms with Gasteiger partial charge in [-0.05, 0) is 18.6 Å². The second kappa shape index (κ2) is 20.8. The lowest BCUT2D eigenvalue weighted by atomic mass is 9.81. The Hall–Kier alpha value is -6.09. The molecule has 0 aliphatic rings. The van der Waals surface area contributed by atoms with E-state index in [2.05, 4.69) is 14.7 Å². The fourth-order valence-electron chi connectivity index (χ4n) is 5.84. The van der Waals surface area contributed by atoms with Gasteiger partial charge in [0.2, 0.25) is 12.2 Å². The maximum atomic E-state index is 15.6. The second-order valence-electron chi connectivity index (χ2n) is 16.0. The van der Waals surface area contributed by atoms with Crippen molar-refractivity contribution in [3.8, 4) is 0 Å². The van der Waals surface area contributed by atoms with E-state index in [9.17, 15) is 190 Å². The van der Waals surface area contributed by atoms with Gasteiger partial charge in [-0.1, -0.05) is 0 Å². The molecule has 0 saturated carbocycles. The molecule has 85 heavy (non-hydrogen) atoms. The number of nitrogens with one attached hydrogen (secondary N) is 1. The molecule has 0 bridgehead atoms. The van der Waals surface area contributed by atoms with Gasteiger partial charge in [0.05, 0.1) is 5.56 Å². The molecule has 0 fully saturated rings. The number of rotatable bonds is 25. The third-order valence-electron chi connectivity index (χ3n) is 10.8. The minimum atomic E-state index is -10.8. The third kappa shape index (κ3) is 9.63. The van der Waals surface area contributed by atoms with E-state index in [1.807, 2.05) is 0 Å². The molecule has 51 heteroatoms. The van der Waals surface area contributed by atoms with Gasteiger partial charge in [0.1, 0.15) is 11.4 Å². The molecule has 0 saturated heterocycles. The van der Waals surface area contributed by atoms with Crippen molar-refractivity contribution in [3.05, 3.63) is 22.8 Å². The lowest BCUT2D eigenvalue weighted by Crippen LogP contribution is -2.80. The van der Waals surface area contributed by atoms with Crippen molar-refractivity contribution >= 4 is 35.4 Å². The van der Waals surface area contributed by atoms with Crippen LogP contribution in [0.3, 0.4) is 0 Å². The summed E-state index contributed by atoms with van der Waals surface area (Å²) >= 11 is 0. The van der Waals surface area contributed by atoms with Crippen molar-refractivity contribution in [3.63, 3.8) is 0 Å². The lowest BCUT2D eigenvalue weighted by Gasteiger charge is -2.47. The lowest BCUT2D eigenvalue weighted by molar-refractivity contribution is -0.496. The number of benzene rings is 1. The number of hydrogen-bond donors (Lipinski definition) is 1. The Bertz CT molecular complexity index is 2820. The zero-order valence-electron chi connectivity index (χ0n) is 38.0. The van der Waals surface area contributed by atoms with Crippen LogP contribution in [0.5, 0.6) is 0 Å². The molecular weight excluding hydrogens is 1350 g/mol. The van der Waals surface area contributed by atoms with E-state index >= 15 is 17.6 Å². The maximum Gasteiger partial charge on any atom is 0.460 e. The largest absolute Gasteiger partial charge is 0.460 e. The summed E-state index contributed by atoms with van der Waals surface area (Å²) in [4.78, 5) is 50.1. The number of alkyl halides is 43. The Balaban J connectivity index is 4.36. The van der Waals surface area contributed by atoms with Gasteiger partial charge in [-0.3, -0.25) is 9.59 Å². The Labute approximate surface area is 432 Å². The second-order valence-corrected chi connectivity index (χ2v) is 16.0. The SMILES string of the molecule is CC(=O)OCNC(=O)c1c(C(F)(F)C(F)(F)C(F)(F)C(F)(F)C(F)(F)C(F)(F)C(F)(F)C(F)(F)C(F)(F)C(F)(F)C(F)(F)C(F)(F)C(F)(F)C(F)(F)C(F)(F)C(F)(F)C(F)(F)C(F)(F)C(F)(F)C(F)(F)C(F)(F)F)cc(N=C=O)c(N=C=O)c1C. The highest BCUT2D eigenvalue weighted by Crippen LogP contribution is 2.72. The molecule has 0 unspecified atom stereocenters. The number of esters is 1. The monoisotopic (exact) mass is 1360 g/mol. The topological polar surface area (TPSA) is 114 Å². The molecule has 0 heterocycles. The molecule has 0 atom stereocenters. The first kappa shape index (κ1) is 76.9. The number of isocyanates is 2. The van der Waals surface area contributed by atoms with Gasteiger partial charge in [0, 0.05) is 12.5 Å². The molecule has 492 valence electrons. The van der Waals surface area contributed by atoms with Crippen LogP contribution in [0.2, 0.25) is 0 Å². The van der Waals surface area contributed by atoms with E-state index in [0.717, 1.165) is 5.32 Å². The summed E-state index contributed by atoms with van der Waals surface area (Å²) in [6.45, 7) is -1.41. The number of amides is 1. The van der Waals surface area contributed by atoms with Crippen LogP contribution in [0.1, 0.15) is 28.4 Å². The fourth-order valence-corrected chi connectivity index (χ4v) is 5.84. The van der Waals surface area contributed by atoms with E-state index in [0.29, 0.717) is 13.0 Å². The van der Waals surface area contributed by atoms with Crippen LogP contribution >= 0.6 is 0 Å². The molecule has 1 rings (SSSR count). The van der Waals surface area contributed by atoms with E-state index < -0.39 is 177 Å². The Morgan fingerprint density at radius 3 is 0.824 bits per heavy atom. The Kier molecular flexibility index (Phi) is 18.8. The van der Waals surface area contributed by atoms with Crippen molar-refractivity contribution in [2.24, 2.45) is 9.98 Å². The smallest absolute Gasteiger partial charge is 0.445 e. The molecule has 8 nitrogen and oxygen atoms in total. The molecule has 0 aromatic heterocycles. The highest BCUT2D eigenvalue weighted by Gasteiger charge is 3.04. The molecular formula is C34H10F43N3O5. The van der Waals surface area contributed by atoms with Gasteiger partial charge in [0.25, 0.3) is 5.91 Å². The van der Waals surface area contributed by atoms with Crippen LogP contribution in [-0.2, 0) is 25.0 Å². The van der Waals surface area contributed by atoms with Gasteiger partial charge in [-0.25, -0.2) is 9.59 Å². The molecule has 1 aromatic carbocycles. The third-order valence-corrected chi connectivity index (χ3v) is 10.8. The first-order chi connectivity index (χ1) is 36.6. The zero-order valence-corrected chi connectivity index (χ0v) is 38.0. The number of carbonyl (C=O) groups is 2. The number of ether oxygens (including phenoxy) is 1. The van der Waals surface area contributed by atoms with Gasteiger partial charge < -0.3 is 10.1 Å². The van der Waals surface area contributed by atoms with Crippen molar-refractivity contribution in [1.29, 1.82) is 0 Å². The van der Waals surface area contributed by atoms with E-state index in [1.54, 1.807) is 0 Å². The molecule has 0 spiro atoms. The van der Waals surface area contributed by atoms with Crippen LogP contribution in [0.15, 0.2) is 16.1 Å². The predicted octanol–water partition coefficient (Wildman–Crippen LogP) is 14.9. The normalized spacial score (nSPS) is 15.7. The minimum absolute atomic E-state index is 0.0460. The van der Waals surface area contributed by atoms with E-state index in [4.69, 9.17) is 0 Å². The van der Waals surface area contributed by atoms with Gasteiger partial charge in [0.15, 0.2) is 6.73 Å². The summed E-state index contributed by atoms with van der Waals surface area (Å²) in [5, 5.41) is 1.02. The fraction of sp³-hybridized carbons (Fsp3) is 0.706. The highest BCUT2D eigenvalue weighted by atomic mass is 19.4. The molecule has 1 amide bonds. The number of aliphatic imine (C=N–C) groups is 2. The molecule has 0 aliphatic heterocycles. The quantitative estimate of drug-likeness (QED) is 0.0344. The van der Waals surface area contributed by atoms with Crippen LogP contribution in [0, 0.1) is 6.92 Å². The van der Waals surface area contributed by atoms with Crippen LogP contribution < -0.4 is 5.32 Å². The van der Waals surface area contributed by atoms with Crippen LogP contribution in [-0.4, -0.2) is 149 Å². The minimum Gasteiger partial charge on any atom is -0.445 e. The number of nitrogens with zero attached hydrogens (tertiary/aromatic N) is 2. The van der Waals surface area contributed by atoms with Crippen LogP contribution in [0.4, 0.5) is 200 Å². The summed E-state index contributed by atoms with van der Waals surface area (Å²) in [7, 11) is 0. The highest BCUT2D eigenvalue weighted by molar-refractivity contribution is 6.00. The molecule has 0 aliphatic carbocycles. The van der Waals surface area contributed by atoms with Crippen molar-refractivity contribution in [1.82, 2.24) is 5.32 Å². The molecule has 1 aromatic rings. The first-order valence-electron chi connectivity index (χ1n) is 19.0. The van der Waals surface area contributed by atoms with Crippen molar-refractivity contribution in [2.75, 3.05) is 6.73 Å². The average molecular weight is 1360 g/mol. The Morgan fingerprint density at radius 2 is 0.612 bits per heavy atom. The summed E-state index contributed by atoms with van der Waals surface area (Å²) in [5.74, 6) is -208. The zero-order chi connectivity index (χ0) is 69.2. The summed E-state index contributed by atoms with van der Waals surface area (Å²) in [5.41, 5.74) is -11.9. The first-order valence-corrected chi connectivity index (χ1v) is 19.0. The van der Waals surface area contributed by atoms with E-state index in [-0.39, 0.29) is 13.0 Å². The molecule has 0 radical (unpaired) electrons. The van der Waals surface area contributed by atoms with Crippen molar-refractivity contribution < 1.29 is 213 Å². The predicted molar refractivity (Wildman–Crippen MR) is 175 cm³/mol. The van der Waals surface area contributed by atoms with Gasteiger partial charge in [-0.15, -0.1) is 0 Å². The summed E-state index contributed by atoms with van der Waals surface area (Å²) in [6, 6.07) is -1.24. The van der Waals surface area contributed by atoms with E-state index in [1.165, 1.54) is 0 Å². The van der Waals surface area contributed by atoms with Gasteiger partial charge in [-0.2, -0.15) is 199 Å². The van der Waals surface area contributed by atoms with Crippen molar-refractivity contribution in [2.45, 2.75) is 138 Å².